The smallest absolute Gasteiger partial charge is 0.232 e. The van der Waals surface area contributed by atoms with Crippen molar-refractivity contribution < 1.29 is 4.74 Å². The van der Waals surface area contributed by atoms with Crippen LogP contribution in [0.15, 0.2) is 18.3 Å². The summed E-state index contributed by atoms with van der Waals surface area (Å²) in [5, 5.41) is 4.00. The van der Waals surface area contributed by atoms with Gasteiger partial charge in [-0.05, 0) is 38.4 Å². The van der Waals surface area contributed by atoms with Gasteiger partial charge in [0.05, 0.1) is 0 Å². The van der Waals surface area contributed by atoms with E-state index in [0.29, 0.717) is 17.5 Å². The first-order chi connectivity index (χ1) is 7.20. The van der Waals surface area contributed by atoms with Crippen LogP contribution in [0, 0.1) is 0 Å². The van der Waals surface area contributed by atoms with Gasteiger partial charge in [0.1, 0.15) is 11.6 Å². The van der Waals surface area contributed by atoms with E-state index >= 15 is 0 Å². The number of rotatable bonds is 3. The molecule has 0 bridgehead atoms. The Balaban J connectivity index is 1.95. The van der Waals surface area contributed by atoms with Crippen LogP contribution in [0.3, 0.4) is 0 Å². The Morgan fingerprint density at radius 1 is 1.67 bits per heavy atom. The maximum absolute atomic E-state index is 5.95. The van der Waals surface area contributed by atoms with Crippen molar-refractivity contribution in [3.63, 3.8) is 0 Å². The molecule has 0 spiro atoms. The SMILES string of the molecule is C[C@]1(COc2ncccc2Cl)CCCN1. The van der Waals surface area contributed by atoms with Gasteiger partial charge in [0.15, 0.2) is 0 Å². The van der Waals surface area contributed by atoms with Crippen molar-refractivity contribution in [1.82, 2.24) is 10.3 Å². The average molecular weight is 227 g/mol. The normalized spacial score (nSPS) is 25.5. The molecule has 1 N–H and O–H groups in total. The molecule has 3 nitrogen and oxygen atoms in total. The van der Waals surface area contributed by atoms with E-state index < -0.39 is 0 Å². The molecule has 0 amide bonds. The zero-order valence-corrected chi connectivity index (χ0v) is 9.55. The lowest BCUT2D eigenvalue weighted by atomic mass is 10.0. The Hall–Kier alpha value is -0.800. The van der Waals surface area contributed by atoms with Crippen LogP contribution in [-0.4, -0.2) is 23.7 Å². The third-order valence-corrected chi connectivity index (χ3v) is 3.00. The molecule has 0 radical (unpaired) electrons. The number of nitrogens with zero attached hydrogens (tertiary/aromatic N) is 1. The first kappa shape index (κ1) is 10.7. The lowest BCUT2D eigenvalue weighted by Crippen LogP contribution is -2.42. The standard InChI is InChI=1S/C11H15ClN2O/c1-11(5-3-7-14-11)8-15-10-9(12)4-2-6-13-10/h2,4,6,14H,3,5,7-8H2,1H3/t11-/m1/s1. The summed E-state index contributed by atoms with van der Waals surface area (Å²) in [7, 11) is 0. The van der Waals surface area contributed by atoms with Gasteiger partial charge in [-0.15, -0.1) is 0 Å². The highest BCUT2D eigenvalue weighted by Crippen LogP contribution is 2.23. The summed E-state index contributed by atoms with van der Waals surface area (Å²) in [6.45, 7) is 3.84. The topological polar surface area (TPSA) is 34.1 Å². The van der Waals surface area contributed by atoms with Gasteiger partial charge in [-0.25, -0.2) is 4.98 Å². The van der Waals surface area contributed by atoms with E-state index in [9.17, 15) is 0 Å². The third-order valence-electron chi connectivity index (χ3n) is 2.71. The van der Waals surface area contributed by atoms with Gasteiger partial charge in [-0.2, -0.15) is 0 Å². The molecule has 1 aliphatic heterocycles. The highest BCUT2D eigenvalue weighted by molar-refractivity contribution is 6.31. The minimum absolute atomic E-state index is 0.0703. The number of halogens is 1. The molecule has 0 aromatic carbocycles. The molecular weight excluding hydrogens is 212 g/mol. The highest BCUT2D eigenvalue weighted by atomic mass is 35.5. The number of hydrogen-bond acceptors (Lipinski definition) is 3. The lowest BCUT2D eigenvalue weighted by molar-refractivity contribution is 0.206. The maximum Gasteiger partial charge on any atom is 0.232 e. The predicted octanol–water partition coefficient (Wildman–Crippen LogP) is 2.26. The molecule has 1 aromatic rings. The molecule has 2 rings (SSSR count). The second-order valence-corrected chi connectivity index (χ2v) is 4.58. The third kappa shape index (κ3) is 2.61. The minimum atomic E-state index is 0.0703. The Morgan fingerprint density at radius 3 is 3.20 bits per heavy atom. The molecule has 4 heteroatoms. The van der Waals surface area contributed by atoms with E-state index in [1.165, 1.54) is 6.42 Å². The first-order valence-electron chi connectivity index (χ1n) is 5.18. The van der Waals surface area contributed by atoms with Crippen molar-refractivity contribution in [1.29, 1.82) is 0 Å². The summed E-state index contributed by atoms with van der Waals surface area (Å²) in [4.78, 5) is 4.09. The zero-order valence-electron chi connectivity index (χ0n) is 8.79. The minimum Gasteiger partial charge on any atom is -0.475 e. The van der Waals surface area contributed by atoms with Crippen LogP contribution in [0.4, 0.5) is 0 Å². The van der Waals surface area contributed by atoms with Crippen LogP contribution in [-0.2, 0) is 0 Å². The van der Waals surface area contributed by atoms with Crippen LogP contribution in [0.25, 0.3) is 0 Å². The molecule has 1 aromatic heterocycles. The number of ether oxygens (including phenoxy) is 1. The molecule has 1 saturated heterocycles. The van der Waals surface area contributed by atoms with Crippen LogP contribution < -0.4 is 10.1 Å². The molecule has 0 unspecified atom stereocenters. The van der Waals surface area contributed by atoms with Gasteiger partial charge >= 0.3 is 0 Å². The largest absolute Gasteiger partial charge is 0.475 e. The molecule has 0 saturated carbocycles. The lowest BCUT2D eigenvalue weighted by Gasteiger charge is -2.24. The van der Waals surface area contributed by atoms with Crippen molar-refractivity contribution in [2.75, 3.05) is 13.2 Å². The van der Waals surface area contributed by atoms with E-state index in [2.05, 4.69) is 17.2 Å². The molecule has 2 heterocycles. The Bertz CT molecular complexity index is 337. The summed E-state index contributed by atoms with van der Waals surface area (Å²) < 4.78 is 5.62. The molecule has 1 atom stereocenters. The van der Waals surface area contributed by atoms with Crippen molar-refractivity contribution in [3.05, 3.63) is 23.4 Å². The van der Waals surface area contributed by atoms with E-state index in [0.717, 1.165) is 13.0 Å². The number of pyridine rings is 1. The number of aromatic nitrogens is 1. The second kappa shape index (κ2) is 4.37. The van der Waals surface area contributed by atoms with E-state index in [1.807, 2.05) is 0 Å². The van der Waals surface area contributed by atoms with E-state index in [1.54, 1.807) is 18.3 Å². The van der Waals surface area contributed by atoms with Crippen LogP contribution in [0.2, 0.25) is 5.02 Å². The Kier molecular flexibility index (Phi) is 3.12. The van der Waals surface area contributed by atoms with Gasteiger partial charge < -0.3 is 10.1 Å². The summed E-state index contributed by atoms with van der Waals surface area (Å²) in [5.74, 6) is 0.522. The predicted molar refractivity (Wildman–Crippen MR) is 60.4 cm³/mol. The summed E-state index contributed by atoms with van der Waals surface area (Å²) >= 11 is 5.95. The average Bonchev–Trinajstić information content (AvgIpc) is 2.65. The Labute approximate surface area is 94.8 Å². The van der Waals surface area contributed by atoms with Crippen molar-refractivity contribution >= 4 is 11.6 Å². The molecule has 15 heavy (non-hydrogen) atoms. The van der Waals surface area contributed by atoms with Crippen LogP contribution in [0.5, 0.6) is 5.88 Å². The summed E-state index contributed by atoms with van der Waals surface area (Å²) in [5.41, 5.74) is 0.0703. The monoisotopic (exact) mass is 226 g/mol. The fraction of sp³-hybridized carbons (Fsp3) is 0.545. The van der Waals surface area contributed by atoms with Crippen LogP contribution in [0.1, 0.15) is 19.8 Å². The summed E-state index contributed by atoms with van der Waals surface area (Å²) in [6.07, 6.45) is 4.03. The van der Waals surface area contributed by atoms with E-state index in [-0.39, 0.29) is 5.54 Å². The fourth-order valence-electron chi connectivity index (χ4n) is 1.79. The van der Waals surface area contributed by atoms with Gasteiger partial charge in [0.2, 0.25) is 5.88 Å². The van der Waals surface area contributed by atoms with Crippen molar-refractivity contribution in [2.24, 2.45) is 0 Å². The first-order valence-corrected chi connectivity index (χ1v) is 5.56. The van der Waals surface area contributed by atoms with Gasteiger partial charge in [-0.1, -0.05) is 11.6 Å². The highest BCUT2D eigenvalue weighted by Gasteiger charge is 2.29. The Morgan fingerprint density at radius 2 is 2.53 bits per heavy atom. The van der Waals surface area contributed by atoms with Crippen LogP contribution >= 0.6 is 11.6 Å². The molecule has 1 fully saturated rings. The molecular formula is C11H15ClN2O. The number of nitrogens with one attached hydrogen (secondary N) is 1. The summed E-state index contributed by atoms with van der Waals surface area (Å²) in [6, 6.07) is 3.58. The van der Waals surface area contributed by atoms with Gasteiger partial charge in [0.25, 0.3) is 0 Å². The van der Waals surface area contributed by atoms with Gasteiger partial charge in [-0.3, -0.25) is 0 Å². The molecule has 0 aliphatic carbocycles. The molecule has 82 valence electrons. The quantitative estimate of drug-likeness (QED) is 0.859. The van der Waals surface area contributed by atoms with Crippen molar-refractivity contribution in [3.8, 4) is 5.88 Å². The zero-order chi connectivity index (χ0) is 10.7. The van der Waals surface area contributed by atoms with E-state index in [4.69, 9.17) is 16.3 Å². The maximum atomic E-state index is 5.95. The second-order valence-electron chi connectivity index (χ2n) is 4.17. The fourth-order valence-corrected chi connectivity index (χ4v) is 1.96. The van der Waals surface area contributed by atoms with Crippen molar-refractivity contribution in [2.45, 2.75) is 25.3 Å². The molecule has 1 aliphatic rings. The van der Waals surface area contributed by atoms with Gasteiger partial charge in [0, 0.05) is 11.7 Å². The number of hydrogen-bond donors (Lipinski definition) is 1.